The average molecular weight is 212 g/mol. The van der Waals surface area contributed by atoms with Gasteiger partial charge >= 0.3 is 0 Å². The summed E-state index contributed by atoms with van der Waals surface area (Å²) in [7, 11) is 0. The predicted octanol–water partition coefficient (Wildman–Crippen LogP) is 2.59. The molecule has 0 N–H and O–H groups in total. The lowest BCUT2D eigenvalue weighted by Crippen LogP contribution is -1.73. The largest absolute Gasteiger partial charge is 0.184 e. The monoisotopic (exact) mass is 212 g/mol. The van der Waals surface area contributed by atoms with Crippen LogP contribution in [0, 0.1) is 0 Å². The van der Waals surface area contributed by atoms with Gasteiger partial charge in [-0.25, -0.2) is 0 Å². The molecule has 0 aliphatic heterocycles. The normalized spacial score (nSPS) is 10.6. The third-order valence-corrected chi connectivity index (χ3v) is 0.970. The van der Waals surface area contributed by atoms with E-state index in [0.29, 0.717) is 0 Å². The van der Waals surface area contributed by atoms with Crippen LogP contribution in [-0.4, -0.2) is 6.54 Å². The van der Waals surface area contributed by atoms with Crippen LogP contribution in [0.25, 0.3) is 0 Å². The summed E-state index contributed by atoms with van der Waals surface area (Å²) in [4.78, 5) is 0. The molecule has 0 fully saturated rings. The Morgan fingerprint density at radius 3 is 2.71 bits per heavy atom. The number of unbranched alkanes of at least 4 members (excludes halogenated alkanes) is 1. The van der Waals surface area contributed by atoms with E-state index >= 15 is 0 Å². The average Bonchev–Trinajstić information content (AvgIpc) is 1.69. The van der Waals surface area contributed by atoms with E-state index in [2.05, 4.69) is 15.4 Å². The standard InChI is InChI=1S/C4H9IN2/c1-2-3-4-6-7-5/h2-4H2,1H3. The van der Waals surface area contributed by atoms with Crippen LogP contribution in [0.2, 0.25) is 0 Å². The SMILES string of the molecule is CCCCN=NI. The van der Waals surface area contributed by atoms with Crippen LogP contribution < -0.4 is 0 Å². The van der Waals surface area contributed by atoms with Crippen LogP contribution in [0.3, 0.4) is 0 Å². The Labute approximate surface area is 57.9 Å². The van der Waals surface area contributed by atoms with Crippen molar-refractivity contribution in [2.45, 2.75) is 19.8 Å². The molecule has 0 amide bonds. The molecule has 0 aliphatic rings. The van der Waals surface area contributed by atoms with Gasteiger partial charge in [-0.15, -0.1) is 3.33 Å². The first-order valence-corrected chi connectivity index (χ1v) is 3.36. The number of hydrogen-bond donors (Lipinski definition) is 0. The molecule has 2 nitrogen and oxygen atoms in total. The quantitative estimate of drug-likeness (QED) is 0.390. The van der Waals surface area contributed by atoms with Crippen LogP contribution >= 0.6 is 22.9 Å². The smallest absolute Gasteiger partial charge is 0.111 e. The summed E-state index contributed by atoms with van der Waals surface area (Å²) in [6.07, 6.45) is 2.36. The second-order valence-electron chi connectivity index (χ2n) is 1.29. The molecule has 0 radical (unpaired) electrons. The van der Waals surface area contributed by atoms with Gasteiger partial charge in [-0.2, -0.15) is 5.11 Å². The van der Waals surface area contributed by atoms with Gasteiger partial charge in [-0.05, 0) is 6.42 Å². The van der Waals surface area contributed by atoms with E-state index < -0.39 is 0 Å². The van der Waals surface area contributed by atoms with Gasteiger partial charge in [-0.3, -0.25) is 0 Å². The van der Waals surface area contributed by atoms with E-state index in [4.69, 9.17) is 0 Å². The van der Waals surface area contributed by atoms with Crippen molar-refractivity contribution in [3.63, 3.8) is 0 Å². The fourth-order valence-corrected chi connectivity index (χ4v) is 0.482. The lowest BCUT2D eigenvalue weighted by atomic mass is 10.3. The van der Waals surface area contributed by atoms with Crippen LogP contribution in [-0.2, 0) is 0 Å². The van der Waals surface area contributed by atoms with Crippen molar-refractivity contribution in [3.05, 3.63) is 0 Å². The highest BCUT2D eigenvalue weighted by Gasteiger charge is 1.75. The van der Waals surface area contributed by atoms with Crippen molar-refractivity contribution >= 4 is 22.9 Å². The highest BCUT2D eigenvalue weighted by atomic mass is 127. The van der Waals surface area contributed by atoms with E-state index in [1.165, 1.54) is 6.42 Å². The van der Waals surface area contributed by atoms with Gasteiger partial charge in [0, 0.05) is 0 Å². The molecule has 0 spiro atoms. The second-order valence-corrected chi connectivity index (χ2v) is 1.73. The molecule has 0 saturated heterocycles. The summed E-state index contributed by atoms with van der Waals surface area (Å²) >= 11 is 1.89. The fourth-order valence-electron chi connectivity index (χ4n) is 0.267. The van der Waals surface area contributed by atoms with Gasteiger partial charge in [0.15, 0.2) is 0 Å². The molecule has 0 saturated carbocycles. The van der Waals surface area contributed by atoms with Crippen LogP contribution in [0.4, 0.5) is 0 Å². The Bertz CT molecular complexity index is 53.7. The molecule has 7 heavy (non-hydrogen) atoms. The van der Waals surface area contributed by atoms with Crippen LogP contribution in [0.5, 0.6) is 0 Å². The molecule has 0 aliphatic carbocycles. The molecule has 42 valence electrons. The second kappa shape index (κ2) is 6.33. The van der Waals surface area contributed by atoms with Crippen molar-refractivity contribution in [1.29, 1.82) is 0 Å². The molecule has 0 atom stereocenters. The topological polar surface area (TPSA) is 24.7 Å². The van der Waals surface area contributed by atoms with Crippen molar-refractivity contribution in [2.24, 2.45) is 8.44 Å². The van der Waals surface area contributed by atoms with Crippen molar-refractivity contribution < 1.29 is 0 Å². The molecule has 0 heterocycles. The summed E-state index contributed by atoms with van der Waals surface area (Å²) in [5.41, 5.74) is 0. The summed E-state index contributed by atoms with van der Waals surface area (Å²) in [6.45, 7) is 3.03. The molecule has 0 bridgehead atoms. The zero-order valence-electron chi connectivity index (χ0n) is 4.39. The van der Waals surface area contributed by atoms with E-state index in [9.17, 15) is 0 Å². The molecular formula is C4H9IN2. The van der Waals surface area contributed by atoms with Crippen molar-refractivity contribution in [2.75, 3.05) is 6.54 Å². The lowest BCUT2D eigenvalue weighted by Gasteiger charge is -1.82. The third-order valence-electron chi connectivity index (χ3n) is 0.665. The molecule has 0 aromatic rings. The molecule has 3 heteroatoms. The molecule has 0 aromatic carbocycles. The number of hydrogen-bond acceptors (Lipinski definition) is 2. The van der Waals surface area contributed by atoms with Gasteiger partial charge in [0.25, 0.3) is 0 Å². The Morgan fingerprint density at radius 2 is 2.29 bits per heavy atom. The molecular weight excluding hydrogens is 203 g/mol. The van der Waals surface area contributed by atoms with Gasteiger partial charge in [0.1, 0.15) is 22.9 Å². The molecule has 0 unspecified atom stereocenters. The lowest BCUT2D eigenvalue weighted by molar-refractivity contribution is 0.790. The van der Waals surface area contributed by atoms with Gasteiger partial charge < -0.3 is 0 Å². The Kier molecular flexibility index (Phi) is 6.63. The van der Waals surface area contributed by atoms with Crippen LogP contribution in [0.15, 0.2) is 8.44 Å². The Hall–Kier alpha value is 0.330. The van der Waals surface area contributed by atoms with E-state index in [1.807, 2.05) is 22.9 Å². The maximum atomic E-state index is 3.77. The van der Waals surface area contributed by atoms with Crippen LogP contribution in [0.1, 0.15) is 19.8 Å². The summed E-state index contributed by atoms with van der Waals surface area (Å²) in [5.74, 6) is 0. The number of rotatable bonds is 3. The zero-order valence-corrected chi connectivity index (χ0v) is 6.55. The first kappa shape index (κ1) is 7.33. The van der Waals surface area contributed by atoms with Gasteiger partial charge in [0.05, 0.1) is 6.54 Å². The first-order chi connectivity index (χ1) is 3.41. The highest BCUT2D eigenvalue weighted by molar-refractivity contribution is 14.1. The Balaban J connectivity index is 2.69. The maximum absolute atomic E-state index is 3.77. The summed E-state index contributed by atoms with van der Waals surface area (Å²) < 4.78 is 3.57. The number of halogens is 1. The van der Waals surface area contributed by atoms with E-state index in [0.717, 1.165) is 13.0 Å². The highest BCUT2D eigenvalue weighted by Crippen LogP contribution is 1.90. The minimum absolute atomic E-state index is 0.888. The fraction of sp³-hybridized carbons (Fsp3) is 1.00. The van der Waals surface area contributed by atoms with Crippen molar-refractivity contribution in [3.8, 4) is 0 Å². The third kappa shape index (κ3) is 6.33. The van der Waals surface area contributed by atoms with E-state index in [1.54, 1.807) is 0 Å². The minimum Gasteiger partial charge on any atom is -0.184 e. The Morgan fingerprint density at radius 1 is 1.57 bits per heavy atom. The van der Waals surface area contributed by atoms with Gasteiger partial charge in [0.2, 0.25) is 0 Å². The first-order valence-electron chi connectivity index (χ1n) is 2.39. The summed E-state index contributed by atoms with van der Waals surface area (Å²) in [5, 5.41) is 3.77. The van der Waals surface area contributed by atoms with Crippen molar-refractivity contribution in [1.82, 2.24) is 0 Å². The maximum Gasteiger partial charge on any atom is 0.111 e. The van der Waals surface area contributed by atoms with Gasteiger partial charge in [-0.1, -0.05) is 13.3 Å². The minimum atomic E-state index is 0.888. The predicted molar refractivity (Wildman–Crippen MR) is 38.7 cm³/mol. The number of nitrogens with zero attached hydrogens (tertiary/aromatic N) is 2. The van der Waals surface area contributed by atoms with E-state index in [-0.39, 0.29) is 0 Å². The zero-order chi connectivity index (χ0) is 5.54. The molecule has 0 rings (SSSR count). The molecule has 0 aromatic heterocycles. The summed E-state index contributed by atoms with van der Waals surface area (Å²) in [6, 6.07) is 0.